The largest absolute Gasteiger partial charge is 0.478 e. The molecule has 0 unspecified atom stereocenters. The Bertz CT molecular complexity index is 600. The van der Waals surface area contributed by atoms with Crippen LogP contribution < -0.4 is 0 Å². The lowest BCUT2D eigenvalue weighted by atomic mass is 10.2. The average molecular weight is 271 g/mol. The first-order chi connectivity index (χ1) is 9.24. The molecule has 4 heteroatoms. The lowest BCUT2D eigenvalue weighted by Crippen LogP contribution is -1.86. The molecule has 2 aromatic rings. The van der Waals surface area contributed by atoms with Crippen LogP contribution in [0.3, 0.4) is 0 Å². The standard InChI is InChI=1S/C15H13NO2S/c17-15(18)10-9-13-11-19-14(16-13)8-4-7-12-5-2-1-3-6-12/h1-7,9-11H,8H2,(H,17,18)/b7-4+,10-9+. The molecule has 1 heterocycles. The molecule has 1 N–H and O–H groups in total. The van der Waals surface area contributed by atoms with Gasteiger partial charge in [-0.1, -0.05) is 42.5 Å². The minimum atomic E-state index is -0.960. The van der Waals surface area contributed by atoms with Crippen LogP contribution in [0.4, 0.5) is 0 Å². The number of allylic oxidation sites excluding steroid dienone is 1. The van der Waals surface area contributed by atoms with E-state index in [1.807, 2.05) is 41.8 Å². The zero-order chi connectivity index (χ0) is 13.5. The normalized spacial score (nSPS) is 11.4. The van der Waals surface area contributed by atoms with Gasteiger partial charge in [-0.15, -0.1) is 11.3 Å². The van der Waals surface area contributed by atoms with E-state index in [0.717, 1.165) is 23.1 Å². The quantitative estimate of drug-likeness (QED) is 0.847. The Hall–Kier alpha value is -2.20. The molecular weight excluding hydrogens is 258 g/mol. The number of rotatable bonds is 5. The van der Waals surface area contributed by atoms with Crippen molar-refractivity contribution in [1.82, 2.24) is 4.98 Å². The summed E-state index contributed by atoms with van der Waals surface area (Å²) in [6.07, 6.45) is 7.45. The predicted molar refractivity (Wildman–Crippen MR) is 78.0 cm³/mol. The number of hydrogen-bond donors (Lipinski definition) is 1. The van der Waals surface area contributed by atoms with Gasteiger partial charge in [0.2, 0.25) is 0 Å². The van der Waals surface area contributed by atoms with Gasteiger partial charge in [0.1, 0.15) is 0 Å². The van der Waals surface area contributed by atoms with E-state index in [9.17, 15) is 4.79 Å². The molecule has 96 valence electrons. The second kappa shape index (κ2) is 6.66. The first kappa shape index (κ1) is 13.2. The molecule has 0 spiro atoms. The van der Waals surface area contributed by atoms with E-state index in [0.29, 0.717) is 5.69 Å². The molecule has 19 heavy (non-hydrogen) atoms. The van der Waals surface area contributed by atoms with Gasteiger partial charge >= 0.3 is 5.97 Å². The molecule has 0 aliphatic heterocycles. The Morgan fingerprint density at radius 3 is 2.79 bits per heavy atom. The Kier molecular flexibility index (Phi) is 4.64. The Balaban J connectivity index is 1.94. The predicted octanol–water partition coefficient (Wildman–Crippen LogP) is 3.50. The molecule has 0 bridgehead atoms. The molecule has 0 aliphatic rings. The highest BCUT2D eigenvalue weighted by molar-refractivity contribution is 7.09. The summed E-state index contributed by atoms with van der Waals surface area (Å²) in [6.45, 7) is 0. The van der Waals surface area contributed by atoms with Gasteiger partial charge in [-0.25, -0.2) is 9.78 Å². The van der Waals surface area contributed by atoms with Gasteiger partial charge < -0.3 is 5.11 Å². The van der Waals surface area contributed by atoms with Crippen LogP contribution in [0, 0.1) is 0 Å². The van der Waals surface area contributed by atoms with Crippen molar-refractivity contribution >= 4 is 29.5 Å². The summed E-state index contributed by atoms with van der Waals surface area (Å²) in [5.41, 5.74) is 1.85. The van der Waals surface area contributed by atoms with Gasteiger partial charge in [0.05, 0.1) is 10.7 Å². The smallest absolute Gasteiger partial charge is 0.328 e. The monoisotopic (exact) mass is 271 g/mol. The molecule has 0 radical (unpaired) electrons. The van der Waals surface area contributed by atoms with Crippen molar-refractivity contribution < 1.29 is 9.90 Å². The highest BCUT2D eigenvalue weighted by Crippen LogP contribution is 2.13. The maximum Gasteiger partial charge on any atom is 0.328 e. The van der Waals surface area contributed by atoms with Crippen molar-refractivity contribution in [2.45, 2.75) is 6.42 Å². The van der Waals surface area contributed by atoms with Crippen LogP contribution in [0.15, 0.2) is 47.9 Å². The third kappa shape index (κ3) is 4.52. The molecular formula is C15H13NO2S. The van der Waals surface area contributed by atoms with E-state index in [2.05, 4.69) is 11.1 Å². The summed E-state index contributed by atoms with van der Waals surface area (Å²) < 4.78 is 0. The summed E-state index contributed by atoms with van der Waals surface area (Å²) in [5.74, 6) is -0.960. The number of aromatic nitrogens is 1. The zero-order valence-electron chi connectivity index (χ0n) is 10.2. The summed E-state index contributed by atoms with van der Waals surface area (Å²) in [6, 6.07) is 10.1. The van der Waals surface area contributed by atoms with E-state index < -0.39 is 5.97 Å². The Labute approximate surface area is 115 Å². The summed E-state index contributed by atoms with van der Waals surface area (Å²) in [7, 11) is 0. The van der Waals surface area contributed by atoms with Gasteiger partial charge in [0.15, 0.2) is 0 Å². The first-order valence-electron chi connectivity index (χ1n) is 5.81. The fraction of sp³-hybridized carbons (Fsp3) is 0.0667. The van der Waals surface area contributed by atoms with Crippen molar-refractivity contribution in [3.8, 4) is 0 Å². The fourth-order valence-electron chi connectivity index (χ4n) is 1.51. The van der Waals surface area contributed by atoms with Crippen molar-refractivity contribution in [3.05, 3.63) is 64.1 Å². The van der Waals surface area contributed by atoms with E-state index in [4.69, 9.17) is 5.11 Å². The number of nitrogens with zero attached hydrogens (tertiary/aromatic N) is 1. The lowest BCUT2D eigenvalue weighted by molar-refractivity contribution is -0.131. The summed E-state index contributed by atoms with van der Waals surface area (Å²) >= 11 is 1.53. The summed E-state index contributed by atoms with van der Waals surface area (Å²) in [5, 5.41) is 11.3. The molecule has 1 aromatic heterocycles. The third-order valence-corrected chi connectivity index (χ3v) is 3.26. The molecule has 1 aromatic carbocycles. The third-order valence-electron chi connectivity index (χ3n) is 2.37. The fourth-order valence-corrected chi connectivity index (χ4v) is 2.25. The minimum Gasteiger partial charge on any atom is -0.478 e. The summed E-state index contributed by atoms with van der Waals surface area (Å²) in [4.78, 5) is 14.7. The van der Waals surface area contributed by atoms with Crippen LogP contribution in [0.5, 0.6) is 0 Å². The highest BCUT2D eigenvalue weighted by atomic mass is 32.1. The molecule has 0 amide bonds. The van der Waals surface area contributed by atoms with Crippen LogP contribution in [-0.2, 0) is 11.2 Å². The number of benzene rings is 1. The maximum atomic E-state index is 10.4. The van der Waals surface area contributed by atoms with Crippen LogP contribution in [-0.4, -0.2) is 16.1 Å². The lowest BCUT2D eigenvalue weighted by Gasteiger charge is -1.91. The van der Waals surface area contributed by atoms with Gasteiger partial charge in [0, 0.05) is 17.9 Å². The Morgan fingerprint density at radius 2 is 2.05 bits per heavy atom. The molecule has 0 aliphatic carbocycles. The van der Waals surface area contributed by atoms with Gasteiger partial charge in [-0.2, -0.15) is 0 Å². The second-order valence-corrected chi connectivity index (χ2v) is 4.80. The van der Waals surface area contributed by atoms with Gasteiger partial charge in [-0.05, 0) is 11.6 Å². The van der Waals surface area contributed by atoms with Crippen LogP contribution in [0.2, 0.25) is 0 Å². The molecule has 0 fully saturated rings. The molecule has 0 saturated carbocycles. The van der Waals surface area contributed by atoms with Crippen molar-refractivity contribution in [1.29, 1.82) is 0 Å². The van der Waals surface area contributed by atoms with Crippen molar-refractivity contribution in [2.24, 2.45) is 0 Å². The average Bonchev–Trinajstić information content (AvgIpc) is 2.86. The number of hydrogen-bond acceptors (Lipinski definition) is 3. The minimum absolute atomic E-state index is 0.690. The second-order valence-electron chi connectivity index (χ2n) is 3.85. The van der Waals surface area contributed by atoms with E-state index in [-0.39, 0.29) is 0 Å². The topological polar surface area (TPSA) is 50.2 Å². The zero-order valence-corrected chi connectivity index (χ0v) is 11.0. The number of aliphatic carboxylic acids is 1. The molecule has 0 saturated heterocycles. The van der Waals surface area contributed by atoms with Gasteiger partial charge in [-0.3, -0.25) is 0 Å². The molecule has 0 atom stereocenters. The molecule has 3 nitrogen and oxygen atoms in total. The number of carbonyl (C=O) groups is 1. The number of carboxylic acids is 1. The van der Waals surface area contributed by atoms with E-state index >= 15 is 0 Å². The van der Waals surface area contributed by atoms with E-state index in [1.165, 1.54) is 17.4 Å². The maximum absolute atomic E-state index is 10.4. The van der Waals surface area contributed by atoms with Crippen molar-refractivity contribution in [3.63, 3.8) is 0 Å². The number of thiazole rings is 1. The first-order valence-corrected chi connectivity index (χ1v) is 6.69. The van der Waals surface area contributed by atoms with Crippen LogP contribution in [0.1, 0.15) is 16.3 Å². The SMILES string of the molecule is O=C(O)/C=C/c1csc(C/C=C/c2ccccc2)n1. The van der Waals surface area contributed by atoms with Gasteiger partial charge in [0.25, 0.3) is 0 Å². The van der Waals surface area contributed by atoms with E-state index in [1.54, 1.807) is 0 Å². The Morgan fingerprint density at radius 1 is 1.26 bits per heavy atom. The van der Waals surface area contributed by atoms with Crippen LogP contribution >= 0.6 is 11.3 Å². The number of carboxylic acid groups (broad SMARTS) is 1. The highest BCUT2D eigenvalue weighted by Gasteiger charge is 1.98. The molecule has 2 rings (SSSR count). The van der Waals surface area contributed by atoms with Crippen molar-refractivity contribution in [2.75, 3.05) is 0 Å². The van der Waals surface area contributed by atoms with Crippen LogP contribution in [0.25, 0.3) is 12.2 Å².